The summed E-state index contributed by atoms with van der Waals surface area (Å²) in [4.78, 5) is 26.3. The number of rotatable bonds is 3. The molecule has 1 N–H and O–H groups in total. The largest absolute Gasteiger partial charge is 0.333 e. The van der Waals surface area contributed by atoms with Crippen LogP contribution < -0.4 is 10.2 Å². The first-order valence-corrected chi connectivity index (χ1v) is 9.69. The molecule has 0 atom stereocenters. The van der Waals surface area contributed by atoms with Gasteiger partial charge in [-0.05, 0) is 61.9 Å². The van der Waals surface area contributed by atoms with Crippen LogP contribution in [0.4, 0.5) is 10.5 Å². The number of carbonyl (C=O) groups is 2. The lowest BCUT2D eigenvalue weighted by Crippen LogP contribution is -2.30. The van der Waals surface area contributed by atoms with Gasteiger partial charge in [-0.15, -0.1) is 0 Å². The quantitative estimate of drug-likeness (QED) is 0.444. The molecular formula is C22H17Cl2N3O2. The molecule has 1 saturated heterocycles. The number of nitrogens with one attached hydrogen (secondary N) is 1. The predicted molar refractivity (Wildman–Crippen MR) is 116 cm³/mol. The molecule has 4 rings (SSSR count). The molecule has 146 valence electrons. The monoisotopic (exact) mass is 425 g/mol. The molecule has 5 nitrogen and oxygen atoms in total. The molecule has 1 fully saturated rings. The van der Waals surface area contributed by atoms with E-state index in [1.54, 1.807) is 42.5 Å². The van der Waals surface area contributed by atoms with Crippen LogP contribution in [0.1, 0.15) is 17.0 Å². The second kappa shape index (κ2) is 7.43. The summed E-state index contributed by atoms with van der Waals surface area (Å²) in [6, 6.07) is 15.7. The van der Waals surface area contributed by atoms with Crippen LogP contribution in [-0.4, -0.2) is 16.5 Å². The van der Waals surface area contributed by atoms with E-state index < -0.39 is 6.03 Å². The first-order valence-electron chi connectivity index (χ1n) is 8.93. The number of anilines is 1. The molecule has 0 radical (unpaired) electrons. The van der Waals surface area contributed by atoms with Gasteiger partial charge in [-0.3, -0.25) is 4.79 Å². The summed E-state index contributed by atoms with van der Waals surface area (Å²) in [6.45, 7) is 3.90. The Morgan fingerprint density at radius 2 is 1.62 bits per heavy atom. The zero-order valence-corrected chi connectivity index (χ0v) is 17.3. The zero-order chi connectivity index (χ0) is 20.7. The first-order chi connectivity index (χ1) is 13.9. The average molecular weight is 426 g/mol. The van der Waals surface area contributed by atoms with Gasteiger partial charge in [0.2, 0.25) is 0 Å². The van der Waals surface area contributed by atoms with Crippen molar-refractivity contribution in [2.75, 3.05) is 4.90 Å². The standard InChI is InChI=1S/C22H17Cl2N3O2/c1-13-10-15(14(2)26(13)17-8-9-18(23)19(24)12-17)11-20-21(28)27(22(29)25-20)16-6-4-3-5-7-16/h3-12H,1-2H3,(H,25,29)/b20-11-. The van der Waals surface area contributed by atoms with Crippen molar-refractivity contribution in [3.63, 3.8) is 0 Å². The Bertz CT molecular complexity index is 1170. The molecule has 2 aromatic carbocycles. The number of nitrogens with zero attached hydrogens (tertiary/aromatic N) is 2. The number of urea groups is 1. The third-order valence-electron chi connectivity index (χ3n) is 4.82. The topological polar surface area (TPSA) is 54.3 Å². The van der Waals surface area contributed by atoms with Crippen molar-refractivity contribution >= 4 is 46.9 Å². The highest BCUT2D eigenvalue weighted by Crippen LogP contribution is 2.29. The number of carbonyl (C=O) groups excluding carboxylic acids is 2. The van der Waals surface area contributed by atoms with Gasteiger partial charge in [0, 0.05) is 17.1 Å². The first kappa shape index (κ1) is 19.3. The lowest BCUT2D eigenvalue weighted by molar-refractivity contribution is -0.113. The molecule has 1 aliphatic heterocycles. The van der Waals surface area contributed by atoms with Gasteiger partial charge in [0.15, 0.2) is 0 Å². The fraction of sp³-hybridized carbons (Fsp3) is 0.0909. The predicted octanol–water partition coefficient (Wildman–Crippen LogP) is 5.50. The van der Waals surface area contributed by atoms with E-state index in [2.05, 4.69) is 5.32 Å². The maximum absolute atomic E-state index is 12.8. The van der Waals surface area contributed by atoms with Gasteiger partial charge in [-0.25, -0.2) is 9.69 Å². The van der Waals surface area contributed by atoms with Crippen LogP contribution in [0.2, 0.25) is 10.0 Å². The summed E-state index contributed by atoms with van der Waals surface area (Å²) in [5, 5.41) is 3.62. The Morgan fingerprint density at radius 1 is 0.897 bits per heavy atom. The average Bonchev–Trinajstić information content (AvgIpc) is 3.13. The Kier molecular flexibility index (Phi) is 4.94. The van der Waals surface area contributed by atoms with Gasteiger partial charge in [-0.2, -0.15) is 0 Å². The maximum atomic E-state index is 12.8. The molecule has 1 aromatic heterocycles. The number of halogens is 2. The van der Waals surface area contributed by atoms with Gasteiger partial charge in [0.1, 0.15) is 5.70 Å². The molecule has 0 aliphatic carbocycles. The second-order valence-corrected chi connectivity index (χ2v) is 7.54. The number of benzene rings is 2. The molecule has 7 heteroatoms. The minimum atomic E-state index is -0.467. The van der Waals surface area contributed by atoms with Crippen molar-refractivity contribution in [2.45, 2.75) is 13.8 Å². The fourth-order valence-electron chi connectivity index (χ4n) is 3.46. The summed E-state index contributed by atoms with van der Waals surface area (Å²) in [7, 11) is 0. The van der Waals surface area contributed by atoms with Crippen LogP contribution in [0.3, 0.4) is 0 Å². The third kappa shape index (κ3) is 3.43. The van der Waals surface area contributed by atoms with E-state index in [0.717, 1.165) is 27.5 Å². The Balaban J connectivity index is 1.71. The van der Waals surface area contributed by atoms with Crippen molar-refractivity contribution in [3.8, 4) is 5.69 Å². The Labute approximate surface area is 178 Å². The summed E-state index contributed by atoms with van der Waals surface area (Å²) < 4.78 is 2.02. The van der Waals surface area contributed by atoms with Crippen molar-refractivity contribution in [1.29, 1.82) is 0 Å². The Morgan fingerprint density at radius 3 is 2.31 bits per heavy atom. The van der Waals surface area contributed by atoms with Crippen LogP contribution >= 0.6 is 23.2 Å². The number of amides is 3. The zero-order valence-electron chi connectivity index (χ0n) is 15.7. The molecule has 0 spiro atoms. The van der Waals surface area contributed by atoms with Crippen LogP contribution in [0, 0.1) is 13.8 Å². The normalized spacial score (nSPS) is 15.3. The highest BCUT2D eigenvalue weighted by Gasteiger charge is 2.34. The molecule has 1 aliphatic rings. The number of para-hydroxylation sites is 1. The van der Waals surface area contributed by atoms with Gasteiger partial charge in [0.25, 0.3) is 5.91 Å². The second-order valence-electron chi connectivity index (χ2n) is 6.72. The minimum Gasteiger partial charge on any atom is -0.318 e. The van der Waals surface area contributed by atoms with E-state index in [4.69, 9.17) is 23.2 Å². The SMILES string of the molecule is Cc1cc(/C=C2\NC(=O)N(c3ccccc3)C2=O)c(C)n1-c1ccc(Cl)c(Cl)c1. The van der Waals surface area contributed by atoms with Crippen LogP contribution in [0.25, 0.3) is 11.8 Å². The number of aromatic nitrogens is 1. The van der Waals surface area contributed by atoms with Crippen LogP contribution in [0.15, 0.2) is 60.3 Å². The van der Waals surface area contributed by atoms with Gasteiger partial charge < -0.3 is 9.88 Å². The molecule has 3 aromatic rings. The third-order valence-corrected chi connectivity index (χ3v) is 5.56. The molecular weight excluding hydrogens is 409 g/mol. The lowest BCUT2D eigenvalue weighted by Gasteiger charge is -2.11. The fourth-order valence-corrected chi connectivity index (χ4v) is 3.75. The molecule has 0 unspecified atom stereocenters. The number of imide groups is 1. The van der Waals surface area contributed by atoms with E-state index in [1.165, 1.54) is 0 Å². The molecule has 0 bridgehead atoms. The number of hydrogen-bond acceptors (Lipinski definition) is 2. The summed E-state index contributed by atoms with van der Waals surface area (Å²) >= 11 is 12.2. The molecule has 2 heterocycles. The highest BCUT2D eigenvalue weighted by molar-refractivity contribution is 6.42. The summed E-state index contributed by atoms with van der Waals surface area (Å²) in [5.41, 5.74) is 4.32. The van der Waals surface area contributed by atoms with E-state index in [1.807, 2.05) is 36.6 Å². The number of hydrogen-bond donors (Lipinski definition) is 1. The van der Waals surface area contributed by atoms with Crippen molar-refractivity contribution in [2.24, 2.45) is 0 Å². The Hall–Kier alpha value is -3.02. The van der Waals surface area contributed by atoms with Crippen molar-refractivity contribution in [1.82, 2.24) is 9.88 Å². The lowest BCUT2D eigenvalue weighted by atomic mass is 10.2. The van der Waals surface area contributed by atoms with Gasteiger partial charge >= 0.3 is 6.03 Å². The molecule has 3 amide bonds. The van der Waals surface area contributed by atoms with E-state index in [-0.39, 0.29) is 11.6 Å². The van der Waals surface area contributed by atoms with Crippen molar-refractivity contribution in [3.05, 3.63) is 87.3 Å². The molecule has 0 saturated carbocycles. The van der Waals surface area contributed by atoms with Crippen molar-refractivity contribution < 1.29 is 9.59 Å². The van der Waals surface area contributed by atoms with Gasteiger partial charge in [0.05, 0.1) is 15.7 Å². The van der Waals surface area contributed by atoms with Gasteiger partial charge in [-0.1, -0.05) is 41.4 Å². The summed E-state index contributed by atoms with van der Waals surface area (Å²) in [5.74, 6) is -0.388. The van der Waals surface area contributed by atoms with Crippen LogP contribution in [-0.2, 0) is 4.79 Å². The molecule has 29 heavy (non-hydrogen) atoms. The number of aryl methyl sites for hydroxylation is 1. The van der Waals surface area contributed by atoms with E-state index in [9.17, 15) is 9.59 Å². The smallest absolute Gasteiger partial charge is 0.318 e. The maximum Gasteiger partial charge on any atom is 0.333 e. The summed E-state index contributed by atoms with van der Waals surface area (Å²) in [6.07, 6.45) is 1.69. The van der Waals surface area contributed by atoms with Crippen LogP contribution in [0.5, 0.6) is 0 Å². The minimum absolute atomic E-state index is 0.230. The highest BCUT2D eigenvalue weighted by atomic mass is 35.5. The van der Waals surface area contributed by atoms with E-state index in [0.29, 0.717) is 15.7 Å². The van der Waals surface area contributed by atoms with E-state index >= 15 is 0 Å².